The van der Waals surface area contributed by atoms with Gasteiger partial charge in [0.05, 0.1) is 16.9 Å². The van der Waals surface area contributed by atoms with E-state index in [1.807, 2.05) is 20.8 Å². The van der Waals surface area contributed by atoms with E-state index in [9.17, 15) is 14.0 Å². The quantitative estimate of drug-likeness (QED) is 0.822. The Hall–Kier alpha value is -2.90. The molecule has 140 valence electrons. The topological polar surface area (TPSA) is 84.7 Å². The maximum absolute atomic E-state index is 13.9. The largest absolute Gasteiger partial charge is 0.452 e. The first kappa shape index (κ1) is 19.4. The van der Waals surface area contributed by atoms with Crippen molar-refractivity contribution in [2.45, 2.75) is 26.2 Å². The van der Waals surface area contributed by atoms with Crippen molar-refractivity contribution in [1.82, 2.24) is 5.16 Å². The molecule has 2 aromatic rings. The van der Waals surface area contributed by atoms with Gasteiger partial charge in [0.2, 0.25) is 5.88 Å². The van der Waals surface area contributed by atoms with E-state index in [0.29, 0.717) is 11.4 Å². The van der Waals surface area contributed by atoms with Crippen molar-refractivity contribution in [2.75, 3.05) is 30.9 Å². The summed E-state index contributed by atoms with van der Waals surface area (Å²) in [7, 11) is 3.38. The lowest BCUT2D eigenvalue weighted by molar-refractivity contribution is -0.119. The average Bonchev–Trinajstić information content (AvgIpc) is 3.00. The molecule has 0 spiro atoms. The van der Waals surface area contributed by atoms with E-state index in [2.05, 4.69) is 10.5 Å². The first-order valence-electron chi connectivity index (χ1n) is 7.99. The Balaban J connectivity index is 1.92. The van der Waals surface area contributed by atoms with Gasteiger partial charge in [-0.3, -0.25) is 10.1 Å². The van der Waals surface area contributed by atoms with Crippen LogP contribution in [0.5, 0.6) is 0 Å². The van der Waals surface area contributed by atoms with E-state index >= 15 is 0 Å². The summed E-state index contributed by atoms with van der Waals surface area (Å²) >= 11 is 0. The van der Waals surface area contributed by atoms with Crippen LogP contribution in [0.3, 0.4) is 0 Å². The van der Waals surface area contributed by atoms with Gasteiger partial charge in [-0.2, -0.15) is 0 Å². The number of nitrogens with zero attached hydrogens (tertiary/aromatic N) is 2. The number of aromatic nitrogens is 1. The van der Waals surface area contributed by atoms with Crippen LogP contribution >= 0.6 is 0 Å². The third kappa shape index (κ3) is 4.81. The number of hydrogen-bond donors (Lipinski definition) is 1. The zero-order valence-electron chi connectivity index (χ0n) is 15.4. The minimum Gasteiger partial charge on any atom is -0.452 e. The highest BCUT2D eigenvalue weighted by atomic mass is 19.1. The van der Waals surface area contributed by atoms with Crippen molar-refractivity contribution >= 4 is 23.4 Å². The molecular formula is C18H22FN3O4. The minimum atomic E-state index is -0.794. The molecule has 7 nitrogen and oxygen atoms in total. The summed E-state index contributed by atoms with van der Waals surface area (Å²) in [6.45, 7) is 5.35. The van der Waals surface area contributed by atoms with Crippen LogP contribution < -0.4 is 10.2 Å². The first-order valence-corrected chi connectivity index (χ1v) is 7.99. The normalized spacial score (nSPS) is 11.2. The van der Waals surface area contributed by atoms with Crippen LogP contribution in [0.2, 0.25) is 0 Å². The molecule has 1 aromatic heterocycles. The van der Waals surface area contributed by atoms with Gasteiger partial charge in [-0.05, 0) is 18.2 Å². The van der Waals surface area contributed by atoms with Gasteiger partial charge in [0.25, 0.3) is 5.91 Å². The number of carbonyl (C=O) groups is 2. The molecule has 8 heteroatoms. The number of amides is 1. The van der Waals surface area contributed by atoms with Crippen LogP contribution in [-0.4, -0.2) is 37.7 Å². The van der Waals surface area contributed by atoms with E-state index in [1.54, 1.807) is 25.1 Å². The van der Waals surface area contributed by atoms with Crippen LogP contribution in [0.4, 0.5) is 16.0 Å². The maximum atomic E-state index is 13.9. The van der Waals surface area contributed by atoms with Gasteiger partial charge in [-0.1, -0.05) is 25.9 Å². The summed E-state index contributed by atoms with van der Waals surface area (Å²) in [4.78, 5) is 25.4. The molecule has 1 amide bonds. The lowest BCUT2D eigenvalue weighted by Gasteiger charge is -2.13. The fourth-order valence-corrected chi connectivity index (χ4v) is 2.07. The summed E-state index contributed by atoms with van der Waals surface area (Å²) in [5.41, 5.74) is 0.831. The van der Waals surface area contributed by atoms with Crippen molar-refractivity contribution in [2.24, 2.45) is 0 Å². The van der Waals surface area contributed by atoms with Crippen LogP contribution in [0.1, 0.15) is 36.8 Å². The molecule has 0 radical (unpaired) electrons. The highest BCUT2D eigenvalue weighted by Crippen LogP contribution is 2.23. The second kappa shape index (κ2) is 7.55. The number of benzene rings is 1. The Labute approximate surface area is 151 Å². The molecular weight excluding hydrogens is 341 g/mol. The summed E-state index contributed by atoms with van der Waals surface area (Å²) in [6.07, 6.45) is 0. The highest BCUT2D eigenvalue weighted by molar-refractivity contribution is 5.95. The number of anilines is 2. The molecule has 0 fully saturated rings. The molecule has 1 N–H and O–H groups in total. The van der Waals surface area contributed by atoms with Crippen molar-refractivity contribution in [3.63, 3.8) is 0 Å². The third-order valence-electron chi connectivity index (χ3n) is 3.54. The molecule has 0 atom stereocenters. The smallest absolute Gasteiger partial charge is 0.338 e. The van der Waals surface area contributed by atoms with Gasteiger partial charge in [0.15, 0.2) is 6.61 Å². The molecule has 1 heterocycles. The van der Waals surface area contributed by atoms with Crippen molar-refractivity contribution in [3.8, 4) is 0 Å². The molecule has 0 aliphatic carbocycles. The highest BCUT2D eigenvalue weighted by Gasteiger charge is 2.20. The predicted molar refractivity (Wildman–Crippen MR) is 94.8 cm³/mol. The van der Waals surface area contributed by atoms with Gasteiger partial charge >= 0.3 is 5.97 Å². The van der Waals surface area contributed by atoms with E-state index in [1.165, 1.54) is 12.1 Å². The Morgan fingerprint density at radius 1 is 1.27 bits per heavy atom. The minimum absolute atomic E-state index is 0.0237. The van der Waals surface area contributed by atoms with Crippen molar-refractivity contribution in [3.05, 3.63) is 41.3 Å². The lowest BCUT2D eigenvalue weighted by atomic mass is 9.92. The summed E-state index contributed by atoms with van der Waals surface area (Å²) in [6, 6.07) is 5.58. The Morgan fingerprint density at radius 3 is 2.50 bits per heavy atom. The molecule has 0 unspecified atom stereocenters. The monoisotopic (exact) mass is 363 g/mol. The molecule has 2 rings (SSSR count). The number of nitrogens with one attached hydrogen (secondary N) is 1. The second-order valence-electron chi connectivity index (χ2n) is 7.01. The standard InChI is InChI=1S/C18H22FN3O4/c1-18(2,3)14-9-16(26-21-14)20-15(23)10-25-17(24)11-6-7-13(22(4)5)12(19)8-11/h6-9H,10H2,1-5H3,(H,20,23). The number of halogens is 1. The van der Waals surface area contributed by atoms with Crippen LogP contribution in [0, 0.1) is 5.82 Å². The summed E-state index contributed by atoms with van der Waals surface area (Å²) < 4.78 is 23.8. The van der Waals surface area contributed by atoms with Crippen LogP contribution in [0.25, 0.3) is 0 Å². The zero-order valence-corrected chi connectivity index (χ0v) is 15.4. The SMILES string of the molecule is CN(C)c1ccc(C(=O)OCC(=O)Nc2cc(C(C)(C)C)no2)cc1F. The van der Waals surface area contributed by atoms with Gasteiger partial charge in [-0.25, -0.2) is 9.18 Å². The number of ether oxygens (including phenoxy) is 1. The number of esters is 1. The van der Waals surface area contributed by atoms with Gasteiger partial charge in [0, 0.05) is 25.6 Å². The van der Waals surface area contributed by atoms with Crippen LogP contribution in [-0.2, 0) is 14.9 Å². The molecule has 1 aromatic carbocycles. The van der Waals surface area contributed by atoms with Gasteiger partial charge in [-0.15, -0.1) is 0 Å². The van der Waals surface area contributed by atoms with E-state index in [0.717, 1.165) is 6.07 Å². The Morgan fingerprint density at radius 2 is 1.96 bits per heavy atom. The zero-order chi connectivity index (χ0) is 19.5. The van der Waals surface area contributed by atoms with Crippen molar-refractivity contribution in [1.29, 1.82) is 0 Å². The van der Waals surface area contributed by atoms with Gasteiger partial charge < -0.3 is 14.2 Å². The Kier molecular flexibility index (Phi) is 5.64. The molecule has 0 aliphatic heterocycles. The third-order valence-corrected chi connectivity index (χ3v) is 3.54. The van der Waals surface area contributed by atoms with E-state index < -0.39 is 24.3 Å². The Bertz CT molecular complexity index is 809. The van der Waals surface area contributed by atoms with Gasteiger partial charge in [0.1, 0.15) is 5.82 Å². The average molecular weight is 363 g/mol. The number of hydrogen-bond acceptors (Lipinski definition) is 6. The first-order chi connectivity index (χ1) is 12.1. The predicted octanol–water partition coefficient (Wildman–Crippen LogP) is 2.97. The molecule has 26 heavy (non-hydrogen) atoms. The van der Waals surface area contributed by atoms with Crippen molar-refractivity contribution < 1.29 is 23.2 Å². The fourth-order valence-electron chi connectivity index (χ4n) is 2.07. The van der Waals surface area contributed by atoms with E-state index in [-0.39, 0.29) is 16.9 Å². The lowest BCUT2D eigenvalue weighted by Crippen LogP contribution is -2.21. The van der Waals surface area contributed by atoms with Crippen LogP contribution in [0.15, 0.2) is 28.8 Å². The van der Waals surface area contributed by atoms with E-state index in [4.69, 9.17) is 9.26 Å². The molecule has 0 saturated carbocycles. The summed E-state index contributed by atoms with van der Waals surface area (Å²) in [5.74, 6) is -1.76. The molecule has 0 saturated heterocycles. The maximum Gasteiger partial charge on any atom is 0.338 e. The molecule has 0 aliphatic rings. The fraction of sp³-hybridized carbons (Fsp3) is 0.389. The second-order valence-corrected chi connectivity index (χ2v) is 7.01. The molecule has 0 bridgehead atoms. The summed E-state index contributed by atoms with van der Waals surface area (Å²) in [5, 5.41) is 6.32. The number of rotatable bonds is 5. The number of carbonyl (C=O) groups excluding carboxylic acids is 2.